The van der Waals surface area contributed by atoms with Crippen LogP contribution in [0.25, 0.3) is 6.08 Å². The van der Waals surface area contributed by atoms with Crippen LogP contribution in [0.15, 0.2) is 24.3 Å². The molecule has 0 radical (unpaired) electrons. The van der Waals surface area contributed by atoms with Crippen molar-refractivity contribution in [1.29, 1.82) is 0 Å². The first-order valence-corrected chi connectivity index (χ1v) is 8.83. The number of primary amides is 1. The average molecular weight is 400 g/mol. The van der Waals surface area contributed by atoms with Crippen LogP contribution in [-0.2, 0) is 9.59 Å². The molecule has 0 aromatic heterocycles. The first-order chi connectivity index (χ1) is 13.2. The number of nitrogens with one attached hydrogen (secondary N) is 1. The van der Waals surface area contributed by atoms with E-state index in [2.05, 4.69) is 5.32 Å². The molecule has 0 aliphatic heterocycles. The third-order valence-corrected chi connectivity index (χ3v) is 4.47. The van der Waals surface area contributed by atoms with Gasteiger partial charge in [-0.2, -0.15) is 13.2 Å². The molecule has 9 heteroatoms. The number of halogens is 3. The van der Waals surface area contributed by atoms with Crippen molar-refractivity contribution < 1.29 is 32.2 Å². The first-order valence-electron chi connectivity index (χ1n) is 8.83. The lowest BCUT2D eigenvalue weighted by atomic mass is 9.85. The van der Waals surface area contributed by atoms with E-state index in [0.717, 1.165) is 0 Å². The summed E-state index contributed by atoms with van der Waals surface area (Å²) in [6.45, 7) is -0.297. The van der Waals surface area contributed by atoms with Crippen LogP contribution in [-0.4, -0.2) is 37.7 Å². The van der Waals surface area contributed by atoms with Gasteiger partial charge >= 0.3 is 6.18 Å². The van der Waals surface area contributed by atoms with Crippen LogP contribution in [0.4, 0.5) is 13.2 Å². The summed E-state index contributed by atoms with van der Waals surface area (Å²) in [6.07, 6.45) is -0.475. The van der Waals surface area contributed by atoms with Gasteiger partial charge in [-0.1, -0.05) is 12.5 Å². The van der Waals surface area contributed by atoms with E-state index < -0.39 is 30.0 Å². The lowest BCUT2D eigenvalue weighted by molar-refractivity contribution is -0.184. The van der Waals surface area contributed by atoms with Crippen LogP contribution in [0.1, 0.15) is 31.2 Å². The van der Waals surface area contributed by atoms with Gasteiger partial charge in [0.15, 0.2) is 18.1 Å². The van der Waals surface area contributed by atoms with Crippen LogP contribution in [0.5, 0.6) is 11.5 Å². The molecule has 0 heterocycles. The summed E-state index contributed by atoms with van der Waals surface area (Å²) in [5.41, 5.74) is 5.65. The highest BCUT2D eigenvalue weighted by Crippen LogP contribution is 2.37. The molecule has 6 nitrogen and oxygen atoms in total. The molecule has 1 saturated carbocycles. The Kier molecular flexibility index (Phi) is 7.31. The lowest BCUT2D eigenvalue weighted by Gasteiger charge is -2.30. The van der Waals surface area contributed by atoms with Gasteiger partial charge in [-0.15, -0.1) is 0 Å². The molecule has 0 saturated heterocycles. The number of amides is 2. The van der Waals surface area contributed by atoms with E-state index in [4.69, 9.17) is 15.2 Å². The molecule has 2 atom stereocenters. The summed E-state index contributed by atoms with van der Waals surface area (Å²) in [5.74, 6) is -1.78. The Morgan fingerprint density at radius 3 is 2.68 bits per heavy atom. The molecule has 28 heavy (non-hydrogen) atoms. The van der Waals surface area contributed by atoms with E-state index in [-0.39, 0.29) is 19.4 Å². The average Bonchev–Trinajstić information content (AvgIpc) is 2.64. The van der Waals surface area contributed by atoms with Crippen LogP contribution < -0.4 is 20.5 Å². The fourth-order valence-corrected chi connectivity index (χ4v) is 3.10. The minimum atomic E-state index is -4.23. The molecule has 0 bridgehead atoms. The maximum atomic E-state index is 12.9. The highest BCUT2D eigenvalue weighted by Gasteiger charge is 2.42. The molecular weight excluding hydrogens is 377 g/mol. The standard InChI is InChI=1S/C19H23F3N2O4/c1-27-16-9-12(5-7-15(16)28-11-17(23)25)6-8-18(26)24-14-4-2-3-13(10-14)19(20,21)22/h5-9,13-14H,2-4,10-11H2,1H3,(H2,23,25)(H,24,26)/b8-6+. The second kappa shape index (κ2) is 9.48. The van der Waals surface area contributed by atoms with Crippen molar-refractivity contribution in [1.82, 2.24) is 5.32 Å². The number of nitrogens with two attached hydrogens (primary N) is 1. The van der Waals surface area contributed by atoms with Gasteiger partial charge in [0.05, 0.1) is 13.0 Å². The van der Waals surface area contributed by atoms with Crippen molar-refractivity contribution in [3.63, 3.8) is 0 Å². The Morgan fingerprint density at radius 2 is 2.04 bits per heavy atom. The minimum Gasteiger partial charge on any atom is -0.493 e. The molecule has 1 aliphatic carbocycles. The number of rotatable bonds is 7. The van der Waals surface area contributed by atoms with Crippen LogP contribution in [0, 0.1) is 5.92 Å². The largest absolute Gasteiger partial charge is 0.493 e. The summed E-state index contributed by atoms with van der Waals surface area (Å²) in [4.78, 5) is 22.8. The molecule has 2 unspecified atom stereocenters. The Hall–Kier alpha value is -2.71. The maximum absolute atomic E-state index is 12.9. The number of methoxy groups -OCH3 is 1. The smallest absolute Gasteiger partial charge is 0.391 e. The van der Waals surface area contributed by atoms with Crippen LogP contribution >= 0.6 is 0 Å². The fourth-order valence-electron chi connectivity index (χ4n) is 3.10. The molecular formula is C19H23F3N2O4. The van der Waals surface area contributed by atoms with E-state index in [1.807, 2.05) is 0 Å². The van der Waals surface area contributed by atoms with Crippen LogP contribution in [0.2, 0.25) is 0 Å². The van der Waals surface area contributed by atoms with Gasteiger partial charge in [-0.25, -0.2) is 0 Å². The van der Waals surface area contributed by atoms with Crippen LogP contribution in [0.3, 0.4) is 0 Å². The number of hydrogen-bond donors (Lipinski definition) is 2. The number of alkyl halides is 3. The number of carbonyl (C=O) groups is 2. The van der Waals surface area contributed by atoms with Crippen molar-refractivity contribution in [3.8, 4) is 11.5 Å². The first kappa shape index (κ1) is 21.6. The van der Waals surface area contributed by atoms with Gasteiger partial charge < -0.3 is 20.5 Å². The lowest BCUT2D eigenvalue weighted by Crippen LogP contribution is -2.41. The van der Waals surface area contributed by atoms with Crippen molar-refractivity contribution in [2.45, 2.75) is 37.9 Å². The quantitative estimate of drug-likeness (QED) is 0.689. The zero-order valence-electron chi connectivity index (χ0n) is 15.4. The number of carbonyl (C=O) groups excluding carboxylic acids is 2. The van der Waals surface area contributed by atoms with Gasteiger partial charge in [-0.05, 0) is 43.0 Å². The SMILES string of the molecule is COc1cc(/C=C/C(=O)NC2CCCC(C(F)(F)F)C2)ccc1OCC(N)=O. The number of benzene rings is 1. The van der Waals surface area contributed by atoms with E-state index in [0.29, 0.717) is 29.9 Å². The molecule has 1 aromatic rings. The Labute approximate surface area is 160 Å². The second-order valence-corrected chi connectivity index (χ2v) is 6.61. The van der Waals surface area contributed by atoms with Gasteiger partial charge in [0.2, 0.25) is 5.91 Å². The highest BCUT2D eigenvalue weighted by molar-refractivity contribution is 5.92. The molecule has 0 spiro atoms. The second-order valence-electron chi connectivity index (χ2n) is 6.61. The Morgan fingerprint density at radius 1 is 1.29 bits per heavy atom. The molecule has 1 aromatic carbocycles. The minimum absolute atomic E-state index is 0.0944. The molecule has 3 N–H and O–H groups in total. The molecule has 2 rings (SSSR count). The summed E-state index contributed by atoms with van der Waals surface area (Å²) in [6, 6.07) is 4.31. The van der Waals surface area contributed by atoms with Crippen molar-refractivity contribution in [2.75, 3.05) is 13.7 Å². The predicted octanol–water partition coefficient (Wildman–Crippen LogP) is 2.81. The third kappa shape index (κ3) is 6.47. The topological polar surface area (TPSA) is 90.7 Å². The fraction of sp³-hybridized carbons (Fsp3) is 0.474. The monoisotopic (exact) mass is 400 g/mol. The zero-order chi connectivity index (χ0) is 20.7. The van der Waals surface area contributed by atoms with Gasteiger partial charge in [-0.3, -0.25) is 9.59 Å². The summed E-state index contributed by atoms with van der Waals surface area (Å²) in [5, 5.41) is 2.63. The normalized spacial score (nSPS) is 20.0. The van der Waals surface area contributed by atoms with Crippen molar-refractivity contribution in [3.05, 3.63) is 29.8 Å². The number of ether oxygens (including phenoxy) is 2. The highest BCUT2D eigenvalue weighted by atomic mass is 19.4. The summed E-state index contributed by atoms with van der Waals surface area (Å²) >= 11 is 0. The van der Waals surface area contributed by atoms with Crippen molar-refractivity contribution in [2.24, 2.45) is 11.7 Å². The van der Waals surface area contributed by atoms with Gasteiger partial charge in [0.25, 0.3) is 5.91 Å². The summed E-state index contributed by atoms with van der Waals surface area (Å²) < 4.78 is 48.9. The Balaban J connectivity index is 1.95. The predicted molar refractivity (Wildman–Crippen MR) is 96.7 cm³/mol. The van der Waals surface area contributed by atoms with E-state index in [1.165, 1.54) is 19.3 Å². The van der Waals surface area contributed by atoms with E-state index in [1.54, 1.807) is 18.2 Å². The Bertz CT molecular complexity index is 734. The molecule has 1 fully saturated rings. The van der Waals surface area contributed by atoms with Crippen molar-refractivity contribution >= 4 is 17.9 Å². The molecule has 1 aliphatic rings. The summed E-state index contributed by atoms with van der Waals surface area (Å²) in [7, 11) is 1.42. The van der Waals surface area contributed by atoms with E-state index in [9.17, 15) is 22.8 Å². The van der Waals surface area contributed by atoms with Gasteiger partial charge in [0, 0.05) is 12.1 Å². The maximum Gasteiger partial charge on any atom is 0.391 e. The van der Waals surface area contributed by atoms with Gasteiger partial charge in [0.1, 0.15) is 0 Å². The molecule has 154 valence electrons. The van der Waals surface area contributed by atoms with E-state index >= 15 is 0 Å². The molecule has 2 amide bonds. The third-order valence-electron chi connectivity index (χ3n) is 4.47. The number of hydrogen-bond acceptors (Lipinski definition) is 4. The zero-order valence-corrected chi connectivity index (χ0v) is 15.4.